The third-order valence-electron chi connectivity index (χ3n) is 5.50. The second kappa shape index (κ2) is 10.2. The van der Waals surface area contributed by atoms with Gasteiger partial charge in [0.25, 0.3) is 0 Å². The van der Waals surface area contributed by atoms with Crippen molar-refractivity contribution in [2.45, 2.75) is 26.4 Å². The van der Waals surface area contributed by atoms with E-state index in [1.54, 1.807) is 25.6 Å². The van der Waals surface area contributed by atoms with Gasteiger partial charge in [0, 0.05) is 27.8 Å². The van der Waals surface area contributed by atoms with Gasteiger partial charge in [0.2, 0.25) is 10.0 Å². The van der Waals surface area contributed by atoms with Crippen LogP contribution in [-0.2, 0) is 16.6 Å². The van der Waals surface area contributed by atoms with Crippen LogP contribution < -0.4 is 19.5 Å². The highest BCUT2D eigenvalue weighted by atomic mass is 32.2. The highest BCUT2D eigenvalue weighted by molar-refractivity contribution is 7.88. The maximum Gasteiger partial charge on any atom is 0.209 e. The van der Waals surface area contributed by atoms with Crippen molar-refractivity contribution in [1.29, 1.82) is 0 Å². The minimum absolute atomic E-state index is 0.0116. The van der Waals surface area contributed by atoms with Gasteiger partial charge >= 0.3 is 0 Å². The van der Waals surface area contributed by atoms with Gasteiger partial charge in [0.1, 0.15) is 11.6 Å². The van der Waals surface area contributed by atoms with E-state index >= 15 is 0 Å². The maximum atomic E-state index is 11.3. The van der Waals surface area contributed by atoms with Crippen molar-refractivity contribution in [3.05, 3.63) is 64.8 Å². The number of sulfonamides is 1. The number of ether oxygens (including phenoxy) is 2. The molecule has 4 rings (SSSR count). The monoisotopic (exact) mass is 512 g/mol. The first-order chi connectivity index (χ1) is 16.7. The molecule has 35 heavy (non-hydrogen) atoms. The molecule has 2 aromatic carbocycles. The molecule has 0 bridgehead atoms. The zero-order chi connectivity index (χ0) is 25.2. The molecule has 0 aliphatic heterocycles. The highest BCUT2D eigenvalue weighted by Crippen LogP contribution is 2.37. The summed E-state index contributed by atoms with van der Waals surface area (Å²) in [6.45, 7) is 4.24. The highest BCUT2D eigenvalue weighted by Gasteiger charge is 2.16. The number of nitrogens with zero attached hydrogens (tertiary/aromatic N) is 2. The van der Waals surface area contributed by atoms with Crippen LogP contribution in [0.3, 0.4) is 0 Å². The van der Waals surface area contributed by atoms with Crippen molar-refractivity contribution < 1.29 is 17.9 Å². The Morgan fingerprint density at radius 2 is 1.69 bits per heavy atom. The average molecular weight is 513 g/mol. The lowest BCUT2D eigenvalue weighted by atomic mass is 10.1. The zero-order valence-corrected chi connectivity index (χ0v) is 21.9. The fraction of sp³-hybridized carbons (Fsp3) is 0.280. The summed E-state index contributed by atoms with van der Waals surface area (Å²) in [5.41, 5.74) is 2.77. The van der Waals surface area contributed by atoms with Crippen molar-refractivity contribution in [3.63, 3.8) is 0 Å². The summed E-state index contributed by atoms with van der Waals surface area (Å²) < 4.78 is 36.0. The molecule has 1 unspecified atom stereocenters. The first kappa shape index (κ1) is 24.9. The minimum atomic E-state index is -3.22. The Labute approximate surface area is 209 Å². The summed E-state index contributed by atoms with van der Waals surface area (Å²) >= 11 is 1.70. The molecule has 2 N–H and O–H groups in total. The Kier molecular flexibility index (Phi) is 7.25. The molecule has 0 aliphatic rings. The Morgan fingerprint density at radius 1 is 1.00 bits per heavy atom. The molecule has 0 spiro atoms. The van der Waals surface area contributed by atoms with E-state index in [-0.39, 0.29) is 12.6 Å². The molecular weight excluding hydrogens is 484 g/mol. The van der Waals surface area contributed by atoms with Crippen molar-refractivity contribution in [3.8, 4) is 21.9 Å². The molecule has 4 aromatic rings. The smallest absolute Gasteiger partial charge is 0.209 e. The number of thiophene rings is 1. The second-order valence-corrected chi connectivity index (χ2v) is 11.2. The van der Waals surface area contributed by atoms with Crippen molar-refractivity contribution in [2.75, 3.05) is 25.8 Å². The predicted molar refractivity (Wildman–Crippen MR) is 141 cm³/mol. The number of aryl methyl sites for hydroxylation is 1. The standard InChI is InChI=1S/C25H28N4O4S2/c1-15(27-25-19-12-21(32-3)22(33-4)13-20(19)28-16(2)29-25)23-10-11-24(34-23)18-8-6-17(7-9-18)14-26-35(5,30)31/h6-13,15,26H,14H2,1-5H3,(H,27,28,29). The van der Waals surface area contributed by atoms with Crippen molar-refractivity contribution in [1.82, 2.24) is 14.7 Å². The SMILES string of the molecule is COc1cc2nc(C)nc(NC(C)c3ccc(-c4ccc(CNS(C)(=O)=O)cc4)s3)c2cc1OC. The third kappa shape index (κ3) is 5.90. The van der Waals surface area contributed by atoms with Crippen LogP contribution in [-0.4, -0.2) is 38.9 Å². The van der Waals surface area contributed by atoms with Gasteiger partial charge in [0.15, 0.2) is 11.5 Å². The quantitative estimate of drug-likeness (QED) is 0.329. The molecular formula is C25H28N4O4S2. The summed E-state index contributed by atoms with van der Waals surface area (Å²) in [7, 11) is -0.00588. The van der Waals surface area contributed by atoms with E-state index in [1.165, 1.54) is 0 Å². The second-order valence-electron chi connectivity index (χ2n) is 8.20. The first-order valence-electron chi connectivity index (χ1n) is 11.0. The molecule has 2 heterocycles. The topological polar surface area (TPSA) is 102 Å². The van der Waals surface area contributed by atoms with Crippen molar-refractivity contribution in [2.24, 2.45) is 0 Å². The van der Waals surface area contributed by atoms with E-state index in [1.807, 2.05) is 43.3 Å². The molecule has 1 atom stereocenters. The molecule has 184 valence electrons. The molecule has 0 radical (unpaired) electrons. The van der Waals surface area contributed by atoms with E-state index in [0.29, 0.717) is 17.3 Å². The summed E-state index contributed by atoms with van der Waals surface area (Å²) in [4.78, 5) is 11.5. The van der Waals surface area contributed by atoms with Gasteiger partial charge in [-0.3, -0.25) is 0 Å². The van der Waals surface area contributed by atoms with Crippen LogP contribution in [0.5, 0.6) is 11.5 Å². The van der Waals surface area contributed by atoms with E-state index in [2.05, 4.69) is 39.1 Å². The molecule has 0 saturated carbocycles. The lowest BCUT2D eigenvalue weighted by Crippen LogP contribution is -2.21. The van der Waals surface area contributed by atoms with E-state index < -0.39 is 10.0 Å². The lowest BCUT2D eigenvalue weighted by molar-refractivity contribution is 0.356. The van der Waals surface area contributed by atoms with Gasteiger partial charge in [-0.25, -0.2) is 23.1 Å². The van der Waals surface area contributed by atoms with Gasteiger partial charge in [-0.15, -0.1) is 11.3 Å². The zero-order valence-electron chi connectivity index (χ0n) is 20.2. The maximum absolute atomic E-state index is 11.3. The van der Waals surface area contributed by atoms with Crippen molar-refractivity contribution >= 4 is 38.1 Å². The Balaban J connectivity index is 1.55. The largest absolute Gasteiger partial charge is 0.493 e. The van der Waals surface area contributed by atoms with Crippen LogP contribution in [0.4, 0.5) is 5.82 Å². The number of nitrogens with one attached hydrogen (secondary N) is 2. The van der Waals surface area contributed by atoms with Gasteiger partial charge in [-0.2, -0.15) is 0 Å². The fourth-order valence-corrected chi connectivity index (χ4v) is 5.14. The molecule has 0 amide bonds. The molecule has 0 saturated heterocycles. The van der Waals surface area contributed by atoms with Gasteiger partial charge in [0.05, 0.1) is 32.0 Å². The van der Waals surface area contributed by atoms with Crippen LogP contribution in [0.25, 0.3) is 21.3 Å². The number of aromatic nitrogens is 2. The predicted octanol–water partition coefficient (Wildman–Crippen LogP) is 4.91. The Hall–Kier alpha value is -3.21. The normalized spacial score (nSPS) is 12.5. The van der Waals surface area contributed by atoms with Crippen LogP contribution in [0, 0.1) is 6.92 Å². The van der Waals surface area contributed by atoms with E-state index in [0.717, 1.165) is 43.9 Å². The summed E-state index contributed by atoms with van der Waals surface area (Å²) in [6, 6.07) is 15.9. The Bertz CT molecular complexity index is 1450. The summed E-state index contributed by atoms with van der Waals surface area (Å²) in [5.74, 6) is 2.64. The molecule has 8 nitrogen and oxygen atoms in total. The molecule has 10 heteroatoms. The van der Waals surface area contributed by atoms with Gasteiger partial charge in [-0.05, 0) is 43.2 Å². The minimum Gasteiger partial charge on any atom is -0.493 e. The summed E-state index contributed by atoms with van der Waals surface area (Å²) in [6.07, 6.45) is 1.16. The number of anilines is 1. The van der Waals surface area contributed by atoms with Crippen LogP contribution in [0.1, 0.15) is 29.2 Å². The van der Waals surface area contributed by atoms with Gasteiger partial charge < -0.3 is 14.8 Å². The number of benzene rings is 2. The van der Waals surface area contributed by atoms with E-state index in [4.69, 9.17) is 9.47 Å². The Morgan fingerprint density at radius 3 is 2.34 bits per heavy atom. The van der Waals surface area contributed by atoms with Crippen LogP contribution >= 0.6 is 11.3 Å². The number of rotatable bonds is 9. The first-order valence-corrected chi connectivity index (χ1v) is 13.7. The van der Waals surface area contributed by atoms with E-state index in [9.17, 15) is 8.42 Å². The molecule has 2 aromatic heterocycles. The lowest BCUT2D eigenvalue weighted by Gasteiger charge is -2.16. The number of hydrogen-bond donors (Lipinski definition) is 2. The number of hydrogen-bond acceptors (Lipinski definition) is 8. The number of methoxy groups -OCH3 is 2. The molecule has 0 aliphatic carbocycles. The van der Waals surface area contributed by atoms with Gasteiger partial charge in [-0.1, -0.05) is 24.3 Å². The fourth-order valence-electron chi connectivity index (χ4n) is 3.70. The third-order valence-corrected chi connectivity index (χ3v) is 7.48. The van der Waals surface area contributed by atoms with Crippen LogP contribution in [0.2, 0.25) is 0 Å². The number of fused-ring (bicyclic) bond motifs is 1. The van der Waals surface area contributed by atoms with Crippen LogP contribution in [0.15, 0.2) is 48.5 Å². The average Bonchev–Trinajstić information content (AvgIpc) is 3.32. The molecule has 0 fully saturated rings. The summed E-state index contributed by atoms with van der Waals surface area (Å²) in [5, 5.41) is 4.39.